The number of carboxylic acid groups (broad SMARTS) is 1. The zero-order valence-electron chi connectivity index (χ0n) is 7.57. The smallest absolute Gasteiger partial charge is 0.307 e. The topological polar surface area (TPSA) is 50.2 Å². The van der Waals surface area contributed by atoms with Crippen LogP contribution in [-0.2, 0) is 4.79 Å². The Morgan fingerprint density at radius 1 is 1.62 bits per heavy atom. The molecule has 1 heterocycles. The zero-order valence-corrected chi connectivity index (χ0v) is 8.39. The second kappa shape index (κ2) is 4.18. The van der Waals surface area contributed by atoms with Gasteiger partial charge < -0.3 is 5.11 Å². The highest BCUT2D eigenvalue weighted by atomic mass is 32.1. The summed E-state index contributed by atoms with van der Waals surface area (Å²) in [4.78, 5) is 15.5. The minimum Gasteiger partial charge on any atom is -0.481 e. The standard InChI is InChI=1S/C9H11NO2S/c1-6-8(13-7(2)10-6)4-3-5-9(11)12/h3-4H,5H2,1-2H3,(H,11,12). The van der Waals surface area contributed by atoms with Crippen molar-refractivity contribution < 1.29 is 9.90 Å². The molecule has 0 aromatic carbocycles. The molecular formula is C9H11NO2S. The van der Waals surface area contributed by atoms with Crippen molar-refractivity contribution in [1.29, 1.82) is 0 Å². The summed E-state index contributed by atoms with van der Waals surface area (Å²) in [6, 6.07) is 0. The number of carboxylic acids is 1. The number of nitrogens with zero attached hydrogens (tertiary/aromatic N) is 1. The number of rotatable bonds is 3. The van der Waals surface area contributed by atoms with Gasteiger partial charge in [-0.05, 0) is 19.9 Å². The summed E-state index contributed by atoms with van der Waals surface area (Å²) in [5, 5.41) is 9.41. The lowest BCUT2D eigenvalue weighted by atomic mass is 10.3. The number of hydrogen-bond acceptors (Lipinski definition) is 3. The summed E-state index contributed by atoms with van der Waals surface area (Å²) in [5.74, 6) is -0.810. The Hall–Kier alpha value is -1.16. The minimum atomic E-state index is -0.810. The quantitative estimate of drug-likeness (QED) is 0.808. The molecule has 1 N–H and O–H groups in total. The lowest BCUT2D eigenvalue weighted by molar-refractivity contribution is -0.135. The molecular weight excluding hydrogens is 186 g/mol. The van der Waals surface area contributed by atoms with Gasteiger partial charge in [-0.2, -0.15) is 0 Å². The summed E-state index contributed by atoms with van der Waals surface area (Å²) in [6.45, 7) is 3.86. The molecule has 0 aliphatic carbocycles. The normalized spacial score (nSPS) is 10.9. The predicted octanol–water partition coefficient (Wildman–Crippen LogP) is 2.25. The van der Waals surface area contributed by atoms with Gasteiger partial charge >= 0.3 is 5.97 Å². The van der Waals surface area contributed by atoms with E-state index in [-0.39, 0.29) is 6.42 Å². The number of aryl methyl sites for hydroxylation is 2. The van der Waals surface area contributed by atoms with E-state index in [1.165, 1.54) is 0 Å². The van der Waals surface area contributed by atoms with Crippen LogP contribution >= 0.6 is 11.3 Å². The van der Waals surface area contributed by atoms with E-state index in [2.05, 4.69) is 4.98 Å². The van der Waals surface area contributed by atoms with Crippen molar-refractivity contribution in [2.45, 2.75) is 20.3 Å². The molecule has 0 spiro atoms. The molecule has 0 radical (unpaired) electrons. The second-order valence-electron chi connectivity index (χ2n) is 2.68. The molecule has 0 aliphatic heterocycles. The third-order valence-corrected chi connectivity index (χ3v) is 2.54. The van der Waals surface area contributed by atoms with Crippen LogP contribution in [0.25, 0.3) is 6.08 Å². The monoisotopic (exact) mass is 197 g/mol. The molecule has 0 amide bonds. The maximum absolute atomic E-state index is 10.2. The van der Waals surface area contributed by atoms with Gasteiger partial charge in [0.05, 0.1) is 17.1 Å². The van der Waals surface area contributed by atoms with Crippen LogP contribution in [0.3, 0.4) is 0 Å². The predicted molar refractivity (Wildman–Crippen MR) is 52.9 cm³/mol. The number of carbonyl (C=O) groups is 1. The Morgan fingerprint density at radius 2 is 2.31 bits per heavy atom. The SMILES string of the molecule is Cc1nc(C)c(C=CCC(=O)O)s1. The number of aromatic nitrogens is 1. The summed E-state index contributed by atoms with van der Waals surface area (Å²) in [7, 11) is 0. The van der Waals surface area contributed by atoms with E-state index < -0.39 is 5.97 Å². The average molecular weight is 197 g/mol. The zero-order chi connectivity index (χ0) is 9.84. The minimum absolute atomic E-state index is 0.0659. The Bertz CT molecular complexity index is 341. The van der Waals surface area contributed by atoms with Crippen LogP contribution in [-0.4, -0.2) is 16.1 Å². The molecule has 0 fully saturated rings. The Kier molecular flexibility index (Phi) is 3.19. The van der Waals surface area contributed by atoms with Gasteiger partial charge in [-0.25, -0.2) is 4.98 Å². The van der Waals surface area contributed by atoms with Crippen molar-refractivity contribution in [2.75, 3.05) is 0 Å². The van der Waals surface area contributed by atoms with Crippen molar-refractivity contribution in [2.24, 2.45) is 0 Å². The van der Waals surface area contributed by atoms with E-state index in [0.29, 0.717) is 0 Å². The van der Waals surface area contributed by atoms with Gasteiger partial charge in [-0.1, -0.05) is 6.08 Å². The lowest BCUT2D eigenvalue weighted by Gasteiger charge is -1.86. The second-order valence-corrected chi connectivity index (χ2v) is 3.92. The molecule has 0 unspecified atom stereocenters. The van der Waals surface area contributed by atoms with E-state index in [1.54, 1.807) is 17.4 Å². The molecule has 3 nitrogen and oxygen atoms in total. The van der Waals surface area contributed by atoms with E-state index in [1.807, 2.05) is 19.9 Å². The van der Waals surface area contributed by atoms with Crippen molar-refractivity contribution in [3.05, 3.63) is 21.7 Å². The van der Waals surface area contributed by atoms with E-state index >= 15 is 0 Å². The summed E-state index contributed by atoms with van der Waals surface area (Å²) in [6.07, 6.45) is 3.52. The Morgan fingerprint density at radius 3 is 2.77 bits per heavy atom. The highest BCUT2D eigenvalue weighted by molar-refractivity contribution is 7.12. The summed E-state index contributed by atoms with van der Waals surface area (Å²) >= 11 is 1.58. The van der Waals surface area contributed by atoms with Crippen LogP contribution in [0, 0.1) is 13.8 Å². The highest BCUT2D eigenvalue weighted by Crippen LogP contribution is 2.18. The van der Waals surface area contributed by atoms with Crippen LogP contribution in [0.5, 0.6) is 0 Å². The molecule has 0 saturated heterocycles. The molecule has 0 aliphatic rings. The molecule has 1 rings (SSSR count). The van der Waals surface area contributed by atoms with Crippen LogP contribution in [0.4, 0.5) is 0 Å². The molecule has 13 heavy (non-hydrogen) atoms. The number of hydrogen-bond donors (Lipinski definition) is 1. The Balaban J connectivity index is 2.68. The van der Waals surface area contributed by atoms with Gasteiger partial charge in [0.25, 0.3) is 0 Å². The first-order valence-corrected chi connectivity index (χ1v) is 4.73. The molecule has 0 bridgehead atoms. The van der Waals surface area contributed by atoms with Crippen LogP contribution in [0.15, 0.2) is 6.08 Å². The van der Waals surface area contributed by atoms with Crippen molar-refractivity contribution in [3.8, 4) is 0 Å². The van der Waals surface area contributed by atoms with Gasteiger partial charge in [0.2, 0.25) is 0 Å². The molecule has 70 valence electrons. The van der Waals surface area contributed by atoms with E-state index in [4.69, 9.17) is 5.11 Å². The van der Waals surface area contributed by atoms with Gasteiger partial charge in [0.1, 0.15) is 0 Å². The van der Waals surface area contributed by atoms with Crippen molar-refractivity contribution >= 4 is 23.4 Å². The van der Waals surface area contributed by atoms with E-state index in [9.17, 15) is 4.79 Å². The van der Waals surface area contributed by atoms with E-state index in [0.717, 1.165) is 15.6 Å². The maximum atomic E-state index is 10.2. The third kappa shape index (κ3) is 2.99. The van der Waals surface area contributed by atoms with Gasteiger partial charge in [-0.3, -0.25) is 4.79 Å². The largest absolute Gasteiger partial charge is 0.481 e. The molecule has 1 aromatic rings. The first-order chi connectivity index (χ1) is 6.09. The molecule has 0 atom stereocenters. The number of aliphatic carboxylic acids is 1. The fraction of sp³-hybridized carbons (Fsp3) is 0.333. The summed E-state index contributed by atoms with van der Waals surface area (Å²) in [5.41, 5.74) is 0.962. The highest BCUT2D eigenvalue weighted by Gasteiger charge is 2.00. The van der Waals surface area contributed by atoms with Crippen LogP contribution in [0.1, 0.15) is 22.0 Å². The summed E-state index contributed by atoms with van der Waals surface area (Å²) < 4.78 is 0. The third-order valence-electron chi connectivity index (χ3n) is 1.50. The van der Waals surface area contributed by atoms with Gasteiger partial charge in [0.15, 0.2) is 0 Å². The van der Waals surface area contributed by atoms with Gasteiger partial charge in [0, 0.05) is 4.88 Å². The number of thiazole rings is 1. The lowest BCUT2D eigenvalue weighted by Crippen LogP contribution is -1.89. The molecule has 1 aromatic heterocycles. The first-order valence-electron chi connectivity index (χ1n) is 3.92. The van der Waals surface area contributed by atoms with Crippen molar-refractivity contribution in [1.82, 2.24) is 4.98 Å². The first kappa shape index (κ1) is 9.92. The van der Waals surface area contributed by atoms with Gasteiger partial charge in [-0.15, -0.1) is 11.3 Å². The fourth-order valence-corrected chi connectivity index (χ4v) is 1.83. The van der Waals surface area contributed by atoms with Crippen molar-refractivity contribution in [3.63, 3.8) is 0 Å². The molecule has 4 heteroatoms. The average Bonchev–Trinajstić information content (AvgIpc) is 2.29. The maximum Gasteiger partial charge on any atom is 0.307 e. The fourth-order valence-electron chi connectivity index (χ4n) is 0.968. The van der Waals surface area contributed by atoms with Crippen LogP contribution in [0.2, 0.25) is 0 Å². The Labute approximate surface area is 80.7 Å². The van der Waals surface area contributed by atoms with Crippen LogP contribution < -0.4 is 0 Å². The molecule has 0 saturated carbocycles.